The highest BCUT2D eigenvalue weighted by atomic mass is 35.5. The largest absolute Gasteiger partial charge is 0.377 e. The zero-order valence-electron chi connectivity index (χ0n) is 17.7. The quantitative estimate of drug-likeness (QED) is 0.593. The van der Waals surface area contributed by atoms with Gasteiger partial charge in [0.15, 0.2) is 0 Å². The number of ether oxygens (including phenoxy) is 1. The van der Waals surface area contributed by atoms with Crippen LogP contribution >= 0.6 is 11.6 Å². The van der Waals surface area contributed by atoms with E-state index >= 15 is 0 Å². The number of anilines is 1. The van der Waals surface area contributed by atoms with Crippen LogP contribution in [0.25, 0.3) is 0 Å². The second-order valence-electron chi connectivity index (χ2n) is 7.69. The predicted octanol–water partition coefficient (Wildman–Crippen LogP) is 5.43. The van der Waals surface area contributed by atoms with Crippen molar-refractivity contribution in [1.82, 2.24) is 9.78 Å². The highest BCUT2D eigenvalue weighted by Crippen LogP contribution is 2.33. The Hall–Kier alpha value is -2.63. The van der Waals surface area contributed by atoms with E-state index in [0.29, 0.717) is 13.0 Å². The van der Waals surface area contributed by atoms with E-state index in [-0.39, 0.29) is 11.3 Å². The summed E-state index contributed by atoms with van der Waals surface area (Å²) in [7, 11) is 0. The lowest BCUT2D eigenvalue weighted by molar-refractivity contribution is -0.116. The molecule has 30 heavy (non-hydrogen) atoms. The molecule has 0 spiro atoms. The van der Waals surface area contributed by atoms with Crippen LogP contribution in [0.1, 0.15) is 44.0 Å². The molecule has 1 aromatic heterocycles. The van der Waals surface area contributed by atoms with Gasteiger partial charge in [0.2, 0.25) is 5.91 Å². The van der Waals surface area contributed by atoms with Crippen molar-refractivity contribution < 1.29 is 9.53 Å². The van der Waals surface area contributed by atoms with Gasteiger partial charge in [-0.25, -0.2) is 4.68 Å². The fourth-order valence-electron chi connectivity index (χ4n) is 3.21. The molecule has 0 atom stereocenters. The Morgan fingerprint density at radius 1 is 1.13 bits per heavy atom. The Morgan fingerprint density at radius 2 is 1.83 bits per heavy atom. The summed E-state index contributed by atoms with van der Waals surface area (Å²) in [6.45, 7) is 8.39. The van der Waals surface area contributed by atoms with Crippen LogP contribution in [0.3, 0.4) is 0 Å². The summed E-state index contributed by atoms with van der Waals surface area (Å²) < 4.78 is 7.08. The zero-order valence-corrected chi connectivity index (χ0v) is 18.4. The van der Waals surface area contributed by atoms with Gasteiger partial charge >= 0.3 is 0 Å². The van der Waals surface area contributed by atoms with Crippen molar-refractivity contribution in [2.75, 3.05) is 11.9 Å². The van der Waals surface area contributed by atoms with Gasteiger partial charge in [-0.1, -0.05) is 67.9 Å². The maximum atomic E-state index is 11.4. The van der Waals surface area contributed by atoms with E-state index in [1.807, 2.05) is 60.1 Å². The number of halogens is 1. The van der Waals surface area contributed by atoms with Crippen molar-refractivity contribution >= 4 is 23.3 Å². The first kappa shape index (κ1) is 22.1. The number of aromatic nitrogens is 2. The normalized spacial score (nSPS) is 13.1. The lowest BCUT2D eigenvalue weighted by atomic mass is 9.81. The number of nitrogens with zero attached hydrogens (tertiary/aromatic N) is 2. The van der Waals surface area contributed by atoms with Crippen molar-refractivity contribution in [2.45, 2.75) is 45.8 Å². The van der Waals surface area contributed by atoms with Crippen LogP contribution in [0.4, 0.5) is 5.82 Å². The van der Waals surface area contributed by atoms with Crippen molar-refractivity contribution in [3.63, 3.8) is 0 Å². The molecule has 0 aliphatic carbocycles. The number of nitrogens with one attached hydrogen (secondary N) is 1. The Balaban J connectivity index is 0.000000216. The van der Waals surface area contributed by atoms with Crippen molar-refractivity contribution in [2.24, 2.45) is 0 Å². The number of aryl methyl sites for hydroxylation is 1. The molecule has 2 aromatic carbocycles. The monoisotopic (exact) mass is 425 g/mol. The van der Waals surface area contributed by atoms with Gasteiger partial charge in [-0.05, 0) is 30.2 Å². The van der Waals surface area contributed by atoms with Gasteiger partial charge in [-0.3, -0.25) is 4.79 Å². The molecule has 3 aromatic rings. The van der Waals surface area contributed by atoms with Crippen LogP contribution in [0.5, 0.6) is 0 Å². The Morgan fingerprint density at radius 3 is 2.50 bits per heavy atom. The molecule has 0 unspecified atom stereocenters. The topological polar surface area (TPSA) is 56.2 Å². The lowest BCUT2D eigenvalue weighted by Crippen LogP contribution is -2.23. The smallest absolute Gasteiger partial charge is 0.227 e. The fourth-order valence-corrected chi connectivity index (χ4v) is 3.34. The van der Waals surface area contributed by atoms with Crippen LogP contribution in [0.2, 0.25) is 5.02 Å². The molecular formula is C24H28ClN3O2. The first-order valence-corrected chi connectivity index (χ1v) is 10.5. The van der Waals surface area contributed by atoms with Crippen LogP contribution in [-0.4, -0.2) is 22.3 Å². The number of benzene rings is 2. The molecule has 6 heteroatoms. The van der Waals surface area contributed by atoms with Gasteiger partial charge < -0.3 is 10.1 Å². The van der Waals surface area contributed by atoms with E-state index < -0.39 is 0 Å². The van der Waals surface area contributed by atoms with E-state index in [2.05, 4.69) is 36.4 Å². The molecule has 5 nitrogen and oxygen atoms in total. The number of hydrogen-bond donors (Lipinski definition) is 1. The standard InChI is InChI=1S/C15H16ClN3O.C9H12O/c1-15(2,10-3-5-11(16)6-4-10)12-9-13-17-14(20)7-8-19(13)18-12;1-2-10-8-9-6-4-3-5-7-9/h3-6,9H,7-8H2,1-2H3,(H,17,20);3-7H,2,8H2,1H3. The third kappa shape index (κ3) is 5.49. The summed E-state index contributed by atoms with van der Waals surface area (Å²) in [5.74, 6) is 0.825. The highest BCUT2D eigenvalue weighted by Gasteiger charge is 2.28. The van der Waals surface area contributed by atoms with Crippen LogP contribution < -0.4 is 5.32 Å². The number of hydrogen-bond acceptors (Lipinski definition) is 3. The minimum absolute atomic E-state index is 0.0493. The van der Waals surface area contributed by atoms with E-state index in [1.165, 1.54) is 5.56 Å². The first-order valence-electron chi connectivity index (χ1n) is 10.2. The molecule has 1 aliphatic heterocycles. The molecule has 2 heterocycles. The third-order valence-electron chi connectivity index (χ3n) is 5.12. The molecule has 0 bridgehead atoms. The average Bonchev–Trinajstić information content (AvgIpc) is 3.18. The second kappa shape index (κ2) is 9.92. The van der Waals surface area contributed by atoms with Crippen molar-refractivity contribution in [3.8, 4) is 0 Å². The molecule has 158 valence electrons. The Labute approximate surface area is 183 Å². The van der Waals surface area contributed by atoms with E-state index in [1.54, 1.807) is 0 Å². The maximum Gasteiger partial charge on any atom is 0.227 e. The maximum absolute atomic E-state index is 11.4. The van der Waals surface area contributed by atoms with E-state index in [4.69, 9.17) is 16.3 Å². The molecule has 0 saturated carbocycles. The predicted molar refractivity (Wildman–Crippen MR) is 121 cm³/mol. The summed E-state index contributed by atoms with van der Waals surface area (Å²) in [5.41, 5.74) is 3.09. The Bertz CT molecular complexity index is 966. The van der Waals surface area contributed by atoms with Crippen molar-refractivity contribution in [3.05, 3.63) is 82.5 Å². The van der Waals surface area contributed by atoms with E-state index in [0.717, 1.165) is 35.3 Å². The van der Waals surface area contributed by atoms with Gasteiger partial charge in [0.25, 0.3) is 0 Å². The Kier molecular flexibility index (Phi) is 7.29. The van der Waals surface area contributed by atoms with Gasteiger partial charge in [0, 0.05) is 29.5 Å². The highest BCUT2D eigenvalue weighted by molar-refractivity contribution is 6.30. The average molecular weight is 426 g/mol. The lowest BCUT2D eigenvalue weighted by Gasteiger charge is -2.23. The van der Waals surface area contributed by atoms with Gasteiger partial charge in [-0.15, -0.1) is 0 Å². The minimum atomic E-state index is -0.236. The summed E-state index contributed by atoms with van der Waals surface area (Å²) in [5, 5.41) is 8.20. The van der Waals surface area contributed by atoms with E-state index in [9.17, 15) is 4.79 Å². The van der Waals surface area contributed by atoms with Gasteiger partial charge in [0.1, 0.15) is 5.82 Å². The second-order valence-corrected chi connectivity index (χ2v) is 8.13. The number of rotatable bonds is 5. The van der Waals surface area contributed by atoms with Crippen molar-refractivity contribution in [1.29, 1.82) is 0 Å². The molecular weight excluding hydrogens is 398 g/mol. The third-order valence-corrected chi connectivity index (χ3v) is 5.37. The SMILES string of the molecule is CC(C)(c1ccc(Cl)cc1)c1cc2n(n1)CCC(=O)N2.CCOCc1ccccc1. The number of amides is 1. The molecule has 0 radical (unpaired) electrons. The van der Waals surface area contributed by atoms with Crippen LogP contribution in [0.15, 0.2) is 60.7 Å². The van der Waals surface area contributed by atoms with Gasteiger partial charge in [-0.2, -0.15) is 5.10 Å². The molecule has 1 aliphatic rings. The number of fused-ring (bicyclic) bond motifs is 1. The summed E-state index contributed by atoms with van der Waals surface area (Å²) in [6.07, 6.45) is 0.482. The summed E-state index contributed by atoms with van der Waals surface area (Å²) >= 11 is 5.94. The molecule has 1 amide bonds. The molecule has 0 saturated heterocycles. The number of carbonyl (C=O) groups is 1. The molecule has 4 rings (SSSR count). The van der Waals surface area contributed by atoms with Crippen LogP contribution in [0, 0.1) is 0 Å². The first-order chi connectivity index (χ1) is 14.4. The molecule has 1 N–H and O–H groups in total. The van der Waals surface area contributed by atoms with Crippen LogP contribution in [-0.2, 0) is 28.1 Å². The zero-order chi connectivity index (χ0) is 21.6. The molecule has 0 fully saturated rings. The summed E-state index contributed by atoms with van der Waals surface area (Å²) in [4.78, 5) is 11.4. The fraction of sp³-hybridized carbons (Fsp3) is 0.333. The summed E-state index contributed by atoms with van der Waals surface area (Å²) in [6, 6.07) is 19.9. The minimum Gasteiger partial charge on any atom is -0.377 e. The van der Waals surface area contributed by atoms with Gasteiger partial charge in [0.05, 0.1) is 18.8 Å². The number of carbonyl (C=O) groups excluding carboxylic acids is 1.